The number of nitrogens with zero attached hydrogens (tertiary/aromatic N) is 1. The molecule has 0 aromatic rings. The minimum Gasteiger partial charge on any atom is -0.353 e. The Labute approximate surface area is 117 Å². The Balaban J connectivity index is 1.70. The molecule has 0 spiro atoms. The van der Waals surface area contributed by atoms with Crippen molar-refractivity contribution >= 4 is 5.91 Å². The Bertz CT molecular complexity index is 267. The van der Waals surface area contributed by atoms with Crippen molar-refractivity contribution in [1.29, 1.82) is 0 Å². The van der Waals surface area contributed by atoms with E-state index in [0.29, 0.717) is 11.9 Å². The first-order valence-corrected chi connectivity index (χ1v) is 8.02. The number of rotatable bonds is 4. The standard InChI is InChI=1S/C15H29N3O/c16-9-12-18-10-7-14(8-11-18)17-15(19)13-5-3-1-2-4-6-13/h13-14H,1-12,16H2,(H,17,19). The minimum absolute atomic E-state index is 0.282. The van der Waals surface area contributed by atoms with Crippen molar-refractivity contribution in [3.63, 3.8) is 0 Å². The fourth-order valence-electron chi connectivity index (χ4n) is 3.34. The van der Waals surface area contributed by atoms with Crippen molar-refractivity contribution < 1.29 is 4.79 Å². The summed E-state index contributed by atoms with van der Waals surface area (Å²) in [6, 6.07) is 0.393. The van der Waals surface area contributed by atoms with Crippen molar-refractivity contribution in [3.05, 3.63) is 0 Å². The summed E-state index contributed by atoms with van der Waals surface area (Å²) < 4.78 is 0. The molecule has 0 atom stereocenters. The van der Waals surface area contributed by atoms with Crippen molar-refractivity contribution in [2.45, 2.75) is 57.4 Å². The van der Waals surface area contributed by atoms with Crippen LogP contribution in [0.1, 0.15) is 51.4 Å². The average Bonchev–Trinajstić information content (AvgIpc) is 2.70. The summed E-state index contributed by atoms with van der Waals surface area (Å²) in [6.07, 6.45) is 9.43. The molecule has 19 heavy (non-hydrogen) atoms. The lowest BCUT2D eigenvalue weighted by Crippen LogP contribution is -2.47. The highest BCUT2D eigenvalue weighted by molar-refractivity contribution is 5.78. The van der Waals surface area contributed by atoms with Crippen LogP contribution in [0.4, 0.5) is 0 Å². The number of hydrogen-bond acceptors (Lipinski definition) is 3. The van der Waals surface area contributed by atoms with Gasteiger partial charge >= 0.3 is 0 Å². The minimum atomic E-state index is 0.282. The van der Waals surface area contributed by atoms with Gasteiger partial charge in [-0.3, -0.25) is 4.79 Å². The monoisotopic (exact) mass is 267 g/mol. The maximum Gasteiger partial charge on any atom is 0.223 e. The summed E-state index contributed by atoms with van der Waals surface area (Å²) >= 11 is 0. The lowest BCUT2D eigenvalue weighted by atomic mass is 9.97. The molecule has 2 rings (SSSR count). The van der Waals surface area contributed by atoms with E-state index < -0.39 is 0 Å². The van der Waals surface area contributed by atoms with Gasteiger partial charge in [-0.05, 0) is 25.7 Å². The molecule has 110 valence electrons. The normalized spacial score (nSPS) is 24.1. The van der Waals surface area contributed by atoms with E-state index in [0.717, 1.165) is 51.9 Å². The highest BCUT2D eigenvalue weighted by Gasteiger charge is 2.24. The van der Waals surface area contributed by atoms with Crippen LogP contribution in [-0.4, -0.2) is 43.0 Å². The number of nitrogens with one attached hydrogen (secondary N) is 1. The molecule has 0 aromatic carbocycles. The molecular formula is C15H29N3O. The van der Waals surface area contributed by atoms with Crippen molar-refractivity contribution in [2.75, 3.05) is 26.2 Å². The van der Waals surface area contributed by atoms with Gasteiger partial charge in [0.2, 0.25) is 5.91 Å². The third-order valence-electron chi connectivity index (χ3n) is 4.61. The van der Waals surface area contributed by atoms with Gasteiger partial charge in [0.25, 0.3) is 0 Å². The molecule has 4 nitrogen and oxygen atoms in total. The molecular weight excluding hydrogens is 238 g/mol. The van der Waals surface area contributed by atoms with Crippen molar-refractivity contribution in [3.8, 4) is 0 Å². The Morgan fingerprint density at radius 3 is 2.26 bits per heavy atom. The second-order valence-electron chi connectivity index (χ2n) is 6.10. The molecule has 2 fully saturated rings. The van der Waals surface area contributed by atoms with Gasteiger partial charge in [-0.1, -0.05) is 25.7 Å². The number of piperidine rings is 1. The quantitative estimate of drug-likeness (QED) is 0.759. The van der Waals surface area contributed by atoms with E-state index >= 15 is 0 Å². The van der Waals surface area contributed by atoms with Crippen LogP contribution < -0.4 is 11.1 Å². The number of carbonyl (C=O) groups excluding carboxylic acids is 1. The van der Waals surface area contributed by atoms with E-state index in [1.54, 1.807) is 0 Å². The summed E-state index contributed by atoms with van der Waals surface area (Å²) in [6.45, 7) is 3.88. The third-order valence-corrected chi connectivity index (χ3v) is 4.61. The predicted octanol–water partition coefficient (Wildman–Crippen LogP) is 1.50. The molecule has 4 heteroatoms. The van der Waals surface area contributed by atoms with Gasteiger partial charge in [0.05, 0.1) is 0 Å². The number of carbonyl (C=O) groups is 1. The number of hydrogen-bond donors (Lipinski definition) is 2. The highest BCUT2D eigenvalue weighted by atomic mass is 16.1. The van der Waals surface area contributed by atoms with E-state index in [2.05, 4.69) is 10.2 Å². The Kier molecular flexibility index (Phi) is 6.11. The first-order chi connectivity index (χ1) is 9.29. The molecule has 1 saturated heterocycles. The topological polar surface area (TPSA) is 58.4 Å². The molecule has 2 aliphatic rings. The second kappa shape index (κ2) is 7.85. The van der Waals surface area contributed by atoms with Crippen molar-refractivity contribution in [1.82, 2.24) is 10.2 Å². The van der Waals surface area contributed by atoms with Crippen LogP contribution in [-0.2, 0) is 4.79 Å². The molecule has 0 bridgehead atoms. The van der Waals surface area contributed by atoms with E-state index in [-0.39, 0.29) is 5.92 Å². The van der Waals surface area contributed by atoms with Crippen LogP contribution >= 0.6 is 0 Å². The van der Waals surface area contributed by atoms with Gasteiger partial charge in [-0.15, -0.1) is 0 Å². The SMILES string of the molecule is NCCN1CCC(NC(=O)C2CCCCCC2)CC1. The van der Waals surface area contributed by atoms with E-state index in [1.807, 2.05) is 0 Å². The number of likely N-dealkylation sites (tertiary alicyclic amines) is 1. The fourth-order valence-corrected chi connectivity index (χ4v) is 3.34. The van der Waals surface area contributed by atoms with Crippen LogP contribution in [0.2, 0.25) is 0 Å². The fraction of sp³-hybridized carbons (Fsp3) is 0.933. The van der Waals surface area contributed by atoms with Crippen LogP contribution in [0.3, 0.4) is 0 Å². The largest absolute Gasteiger partial charge is 0.353 e. The Morgan fingerprint density at radius 2 is 1.68 bits per heavy atom. The first-order valence-electron chi connectivity index (χ1n) is 8.02. The zero-order valence-electron chi connectivity index (χ0n) is 12.1. The summed E-state index contributed by atoms with van der Waals surface area (Å²) in [5, 5.41) is 3.28. The molecule has 1 aliphatic heterocycles. The first kappa shape index (κ1) is 14.8. The molecule has 1 aliphatic carbocycles. The van der Waals surface area contributed by atoms with Gasteiger partial charge in [0, 0.05) is 38.1 Å². The van der Waals surface area contributed by atoms with Crippen LogP contribution in [0.5, 0.6) is 0 Å². The maximum atomic E-state index is 12.3. The van der Waals surface area contributed by atoms with Crippen LogP contribution in [0, 0.1) is 5.92 Å². The van der Waals surface area contributed by atoms with E-state index in [9.17, 15) is 4.79 Å². The highest BCUT2D eigenvalue weighted by Crippen LogP contribution is 2.23. The number of amides is 1. The average molecular weight is 267 g/mol. The van der Waals surface area contributed by atoms with Gasteiger partial charge in [-0.25, -0.2) is 0 Å². The molecule has 3 N–H and O–H groups in total. The van der Waals surface area contributed by atoms with Crippen LogP contribution in [0.15, 0.2) is 0 Å². The van der Waals surface area contributed by atoms with Gasteiger partial charge in [0.1, 0.15) is 0 Å². The Morgan fingerprint density at radius 1 is 1.05 bits per heavy atom. The lowest BCUT2D eigenvalue weighted by Gasteiger charge is -2.32. The van der Waals surface area contributed by atoms with Gasteiger partial charge < -0.3 is 16.0 Å². The summed E-state index contributed by atoms with van der Waals surface area (Å²) in [7, 11) is 0. The maximum absolute atomic E-state index is 12.3. The summed E-state index contributed by atoms with van der Waals surface area (Å²) in [5.41, 5.74) is 5.58. The smallest absolute Gasteiger partial charge is 0.223 e. The second-order valence-corrected chi connectivity index (χ2v) is 6.10. The molecule has 0 unspecified atom stereocenters. The van der Waals surface area contributed by atoms with E-state index in [4.69, 9.17) is 5.73 Å². The molecule has 1 heterocycles. The molecule has 1 amide bonds. The third kappa shape index (κ3) is 4.77. The van der Waals surface area contributed by atoms with Gasteiger partial charge in [-0.2, -0.15) is 0 Å². The molecule has 1 saturated carbocycles. The zero-order chi connectivity index (χ0) is 13.5. The summed E-state index contributed by atoms with van der Waals surface area (Å²) in [5.74, 6) is 0.601. The van der Waals surface area contributed by atoms with Crippen LogP contribution in [0.25, 0.3) is 0 Å². The van der Waals surface area contributed by atoms with Crippen molar-refractivity contribution in [2.24, 2.45) is 11.7 Å². The predicted molar refractivity (Wildman–Crippen MR) is 77.9 cm³/mol. The Hall–Kier alpha value is -0.610. The van der Waals surface area contributed by atoms with E-state index in [1.165, 1.54) is 25.7 Å². The van der Waals surface area contributed by atoms with Gasteiger partial charge in [0.15, 0.2) is 0 Å². The number of nitrogens with two attached hydrogens (primary N) is 1. The zero-order valence-corrected chi connectivity index (χ0v) is 12.1. The summed E-state index contributed by atoms with van der Waals surface area (Å²) in [4.78, 5) is 14.7. The molecule has 0 radical (unpaired) electrons. The lowest BCUT2D eigenvalue weighted by molar-refractivity contribution is -0.126. The molecule has 0 aromatic heterocycles.